The molecule has 6 nitrogen and oxygen atoms in total. The minimum absolute atomic E-state index is 0.327. The van der Waals surface area contributed by atoms with Crippen molar-refractivity contribution in [3.63, 3.8) is 0 Å². The molecule has 3 heterocycles. The fraction of sp³-hybridized carbons (Fsp3) is 0.261. The molecule has 30 heavy (non-hydrogen) atoms. The molecule has 152 valence electrons. The van der Waals surface area contributed by atoms with E-state index >= 15 is 0 Å². The number of rotatable bonds is 5. The average Bonchev–Trinajstić information content (AvgIpc) is 3.35. The summed E-state index contributed by atoms with van der Waals surface area (Å²) in [5, 5.41) is 8.76. The van der Waals surface area contributed by atoms with E-state index in [-0.39, 0.29) is 0 Å². The second-order valence-corrected chi connectivity index (χ2v) is 8.59. The maximum atomic E-state index is 6.24. The Kier molecular flexibility index (Phi) is 4.96. The first-order chi connectivity index (χ1) is 14.7. The molecule has 0 saturated heterocycles. The van der Waals surface area contributed by atoms with Gasteiger partial charge in [-0.05, 0) is 43.5 Å². The van der Waals surface area contributed by atoms with Gasteiger partial charge < -0.3 is 10.1 Å². The number of hydrogen-bond donors (Lipinski definition) is 1. The SMILES string of the molecule is C=C1CCCC[C@H]1Nc1nc2ccc(Oc3ccncc3-c3ccnn3C)cc2s1. The van der Waals surface area contributed by atoms with E-state index < -0.39 is 0 Å². The molecule has 0 aliphatic heterocycles. The van der Waals surface area contributed by atoms with Crippen molar-refractivity contribution in [1.82, 2.24) is 19.7 Å². The van der Waals surface area contributed by atoms with Gasteiger partial charge in [0.1, 0.15) is 11.5 Å². The highest BCUT2D eigenvalue weighted by Gasteiger charge is 2.18. The Morgan fingerprint density at radius 3 is 2.97 bits per heavy atom. The van der Waals surface area contributed by atoms with Gasteiger partial charge in [-0.15, -0.1) is 0 Å². The minimum atomic E-state index is 0.327. The Balaban J connectivity index is 1.40. The first-order valence-electron chi connectivity index (χ1n) is 10.1. The van der Waals surface area contributed by atoms with Crippen LogP contribution in [0.2, 0.25) is 0 Å². The number of pyridine rings is 1. The largest absolute Gasteiger partial charge is 0.456 e. The lowest BCUT2D eigenvalue weighted by molar-refractivity contribution is 0.484. The van der Waals surface area contributed by atoms with Crippen molar-refractivity contribution in [3.8, 4) is 22.8 Å². The van der Waals surface area contributed by atoms with Crippen molar-refractivity contribution < 1.29 is 4.74 Å². The van der Waals surface area contributed by atoms with Gasteiger partial charge >= 0.3 is 0 Å². The van der Waals surface area contributed by atoms with Gasteiger partial charge in [-0.1, -0.05) is 29.9 Å². The van der Waals surface area contributed by atoms with Gasteiger partial charge in [0.25, 0.3) is 0 Å². The molecule has 0 unspecified atom stereocenters. The second kappa shape index (κ2) is 7.91. The van der Waals surface area contributed by atoms with Crippen LogP contribution in [0.5, 0.6) is 11.5 Å². The zero-order chi connectivity index (χ0) is 20.5. The van der Waals surface area contributed by atoms with Crippen molar-refractivity contribution in [1.29, 1.82) is 0 Å². The van der Waals surface area contributed by atoms with Crippen molar-refractivity contribution >= 4 is 26.7 Å². The van der Waals surface area contributed by atoms with E-state index in [4.69, 9.17) is 9.72 Å². The van der Waals surface area contributed by atoms with Crippen LogP contribution in [0.4, 0.5) is 5.13 Å². The highest BCUT2D eigenvalue weighted by atomic mass is 32.1. The Hall–Kier alpha value is -3.19. The predicted molar refractivity (Wildman–Crippen MR) is 121 cm³/mol. The van der Waals surface area contributed by atoms with Gasteiger partial charge in [0.05, 0.1) is 21.5 Å². The highest BCUT2D eigenvalue weighted by molar-refractivity contribution is 7.22. The monoisotopic (exact) mass is 417 g/mol. The van der Waals surface area contributed by atoms with Crippen molar-refractivity contribution in [2.45, 2.75) is 31.7 Å². The maximum Gasteiger partial charge on any atom is 0.184 e. The molecule has 0 spiro atoms. The molecular weight excluding hydrogens is 394 g/mol. The van der Waals surface area contributed by atoms with Gasteiger partial charge in [0.15, 0.2) is 5.13 Å². The van der Waals surface area contributed by atoms with Gasteiger partial charge in [0, 0.05) is 37.7 Å². The lowest BCUT2D eigenvalue weighted by Crippen LogP contribution is -2.24. The molecule has 1 fully saturated rings. The third kappa shape index (κ3) is 3.68. The summed E-state index contributed by atoms with van der Waals surface area (Å²) < 4.78 is 9.14. The summed E-state index contributed by atoms with van der Waals surface area (Å²) in [5.74, 6) is 1.52. The zero-order valence-electron chi connectivity index (χ0n) is 16.8. The van der Waals surface area contributed by atoms with Gasteiger partial charge in [-0.25, -0.2) is 4.98 Å². The fourth-order valence-corrected chi connectivity index (χ4v) is 4.81. The third-order valence-electron chi connectivity index (χ3n) is 5.50. The maximum absolute atomic E-state index is 6.24. The van der Waals surface area contributed by atoms with Crippen LogP contribution >= 0.6 is 11.3 Å². The van der Waals surface area contributed by atoms with Crippen LogP contribution in [0.3, 0.4) is 0 Å². The van der Waals surface area contributed by atoms with E-state index in [1.165, 1.54) is 18.4 Å². The summed E-state index contributed by atoms with van der Waals surface area (Å²) in [5.41, 5.74) is 4.11. The van der Waals surface area contributed by atoms with Gasteiger partial charge in [0.2, 0.25) is 0 Å². The predicted octanol–water partition coefficient (Wildman–Crippen LogP) is 5.79. The molecule has 0 bridgehead atoms. The lowest BCUT2D eigenvalue weighted by atomic mass is 9.91. The van der Waals surface area contributed by atoms with E-state index in [0.717, 1.165) is 50.9 Å². The van der Waals surface area contributed by atoms with Crippen molar-refractivity contribution in [3.05, 3.63) is 61.1 Å². The summed E-state index contributed by atoms with van der Waals surface area (Å²) in [7, 11) is 1.91. The van der Waals surface area contributed by atoms with E-state index in [2.05, 4.69) is 22.0 Å². The summed E-state index contributed by atoms with van der Waals surface area (Å²) in [6.07, 6.45) is 10.0. The van der Waals surface area contributed by atoms with Crippen molar-refractivity contribution in [2.24, 2.45) is 7.05 Å². The Bertz CT molecular complexity index is 1210. The average molecular weight is 418 g/mol. The number of fused-ring (bicyclic) bond motifs is 1. The molecular formula is C23H23N5OS. The number of benzene rings is 1. The normalized spacial score (nSPS) is 16.7. The summed E-state index contributed by atoms with van der Waals surface area (Å²) in [6, 6.07) is 10.2. The topological polar surface area (TPSA) is 64.9 Å². The number of hydrogen-bond acceptors (Lipinski definition) is 6. The molecule has 1 atom stereocenters. The summed E-state index contributed by atoms with van der Waals surface area (Å²) in [4.78, 5) is 9.00. The summed E-state index contributed by atoms with van der Waals surface area (Å²) in [6.45, 7) is 4.23. The van der Waals surface area contributed by atoms with Crippen LogP contribution in [-0.4, -0.2) is 25.8 Å². The third-order valence-corrected chi connectivity index (χ3v) is 6.45. The number of aromatic nitrogens is 4. The number of aryl methyl sites for hydroxylation is 1. The van der Waals surface area contributed by atoms with E-state index in [1.807, 2.05) is 42.1 Å². The molecule has 1 aliphatic carbocycles. The number of ether oxygens (including phenoxy) is 1. The van der Waals surface area contributed by atoms with Crippen LogP contribution in [0.15, 0.2) is 61.1 Å². The van der Waals surface area contributed by atoms with E-state index in [9.17, 15) is 0 Å². The molecule has 0 amide bonds. The Labute approximate surface area is 179 Å². The quantitative estimate of drug-likeness (QED) is 0.416. The second-order valence-electron chi connectivity index (χ2n) is 7.56. The molecule has 0 radical (unpaired) electrons. The van der Waals surface area contributed by atoms with Crippen LogP contribution in [0.1, 0.15) is 25.7 Å². The molecule has 1 saturated carbocycles. The highest BCUT2D eigenvalue weighted by Crippen LogP contribution is 2.36. The molecule has 1 aliphatic rings. The number of anilines is 1. The smallest absolute Gasteiger partial charge is 0.184 e. The van der Waals surface area contributed by atoms with Crippen LogP contribution in [0, 0.1) is 0 Å². The van der Waals surface area contributed by atoms with E-state index in [1.54, 1.807) is 29.9 Å². The first-order valence-corrected chi connectivity index (χ1v) is 10.9. The fourth-order valence-electron chi connectivity index (χ4n) is 3.86. The van der Waals surface area contributed by atoms with Crippen molar-refractivity contribution in [2.75, 3.05) is 5.32 Å². The zero-order valence-corrected chi connectivity index (χ0v) is 17.7. The molecule has 7 heteroatoms. The standard InChI is InChI=1S/C23H23N5OS/c1-15-5-3-4-6-18(15)26-23-27-19-8-7-16(13-22(19)30-23)29-21-10-11-24-14-17(21)20-9-12-25-28(20)2/h7-14,18H,1,3-6H2,2H3,(H,26,27)/t18-/m1/s1. The molecule has 1 aromatic carbocycles. The first kappa shape index (κ1) is 18.8. The number of nitrogens with one attached hydrogen (secondary N) is 1. The lowest BCUT2D eigenvalue weighted by Gasteiger charge is -2.25. The molecule has 3 aromatic heterocycles. The summed E-state index contributed by atoms with van der Waals surface area (Å²) >= 11 is 1.65. The Morgan fingerprint density at radius 1 is 1.20 bits per heavy atom. The number of thiazole rings is 1. The van der Waals surface area contributed by atoms with Gasteiger partial charge in [-0.2, -0.15) is 5.10 Å². The number of nitrogens with zero attached hydrogens (tertiary/aromatic N) is 4. The molecule has 5 rings (SSSR count). The van der Waals surface area contributed by atoms with Crippen LogP contribution in [-0.2, 0) is 7.05 Å². The van der Waals surface area contributed by atoms with Gasteiger partial charge in [-0.3, -0.25) is 9.67 Å². The van der Waals surface area contributed by atoms with Crippen LogP contribution in [0.25, 0.3) is 21.5 Å². The molecule has 4 aromatic rings. The minimum Gasteiger partial charge on any atom is -0.456 e. The Morgan fingerprint density at radius 2 is 2.13 bits per heavy atom. The van der Waals surface area contributed by atoms with Crippen LogP contribution < -0.4 is 10.1 Å². The molecule has 1 N–H and O–H groups in total. The van der Waals surface area contributed by atoms with E-state index in [0.29, 0.717) is 6.04 Å².